The van der Waals surface area contributed by atoms with Crippen LogP contribution in [-0.4, -0.2) is 10.7 Å². The molecule has 0 unspecified atom stereocenters. The van der Waals surface area contributed by atoms with Crippen LogP contribution in [0.1, 0.15) is 26.7 Å². The maximum atomic E-state index is 5.81. The molecule has 1 aromatic rings. The quantitative estimate of drug-likeness (QED) is 0.759. The van der Waals surface area contributed by atoms with E-state index in [9.17, 15) is 0 Å². The first-order valence-electron chi connectivity index (χ1n) is 5.10. The summed E-state index contributed by atoms with van der Waals surface area (Å²) < 4.78 is 0. The standard InChI is InChI=1S/C11H18N2S/c1-3-9(4-2)8-14-11-5-6-13-7-10(11)12/h5-7,9H,3-4,8,12H2,1-2H3. The van der Waals surface area contributed by atoms with E-state index in [0.717, 1.165) is 22.3 Å². The minimum Gasteiger partial charge on any atom is -0.397 e. The Morgan fingerprint density at radius 2 is 2.14 bits per heavy atom. The van der Waals surface area contributed by atoms with E-state index in [1.807, 2.05) is 17.8 Å². The van der Waals surface area contributed by atoms with Crippen LogP contribution in [-0.2, 0) is 0 Å². The summed E-state index contributed by atoms with van der Waals surface area (Å²) in [7, 11) is 0. The van der Waals surface area contributed by atoms with Gasteiger partial charge in [-0.2, -0.15) is 0 Å². The van der Waals surface area contributed by atoms with Gasteiger partial charge in [-0.1, -0.05) is 26.7 Å². The molecule has 0 bridgehead atoms. The number of rotatable bonds is 5. The molecule has 0 aromatic carbocycles. The maximum absolute atomic E-state index is 5.81. The zero-order chi connectivity index (χ0) is 10.4. The molecule has 2 nitrogen and oxygen atoms in total. The number of thioether (sulfide) groups is 1. The molecule has 0 radical (unpaired) electrons. The Morgan fingerprint density at radius 3 is 2.71 bits per heavy atom. The van der Waals surface area contributed by atoms with Crippen LogP contribution in [0.2, 0.25) is 0 Å². The lowest BCUT2D eigenvalue weighted by molar-refractivity contribution is 0.554. The van der Waals surface area contributed by atoms with Crippen molar-refractivity contribution >= 4 is 17.4 Å². The molecule has 1 rings (SSSR count). The zero-order valence-corrected chi connectivity index (χ0v) is 9.68. The summed E-state index contributed by atoms with van der Waals surface area (Å²) in [6.07, 6.45) is 6.00. The summed E-state index contributed by atoms with van der Waals surface area (Å²) >= 11 is 1.84. The van der Waals surface area contributed by atoms with Crippen LogP contribution in [0, 0.1) is 5.92 Å². The monoisotopic (exact) mass is 210 g/mol. The van der Waals surface area contributed by atoms with E-state index in [2.05, 4.69) is 18.8 Å². The number of hydrogen-bond acceptors (Lipinski definition) is 3. The molecule has 0 aliphatic carbocycles. The lowest BCUT2D eigenvalue weighted by Crippen LogP contribution is -2.00. The topological polar surface area (TPSA) is 38.9 Å². The van der Waals surface area contributed by atoms with Gasteiger partial charge in [0.25, 0.3) is 0 Å². The highest BCUT2D eigenvalue weighted by Crippen LogP contribution is 2.27. The van der Waals surface area contributed by atoms with Gasteiger partial charge in [-0.15, -0.1) is 11.8 Å². The summed E-state index contributed by atoms with van der Waals surface area (Å²) in [6.45, 7) is 4.48. The Kier molecular flexibility index (Phi) is 4.80. The molecule has 1 heterocycles. The number of hydrogen-bond donors (Lipinski definition) is 1. The lowest BCUT2D eigenvalue weighted by atomic mass is 10.1. The number of nitrogen functional groups attached to an aromatic ring is 1. The molecule has 2 N–H and O–H groups in total. The van der Waals surface area contributed by atoms with E-state index in [-0.39, 0.29) is 0 Å². The van der Waals surface area contributed by atoms with Crippen LogP contribution in [0.3, 0.4) is 0 Å². The molecule has 0 saturated carbocycles. The van der Waals surface area contributed by atoms with Crippen molar-refractivity contribution in [1.82, 2.24) is 4.98 Å². The third-order valence-corrected chi connectivity index (χ3v) is 3.76. The van der Waals surface area contributed by atoms with E-state index in [4.69, 9.17) is 5.73 Å². The molecule has 0 aliphatic heterocycles. The van der Waals surface area contributed by atoms with E-state index >= 15 is 0 Å². The molecular weight excluding hydrogens is 192 g/mol. The van der Waals surface area contributed by atoms with Crippen LogP contribution in [0.15, 0.2) is 23.4 Å². The summed E-state index contributed by atoms with van der Waals surface area (Å²) in [5, 5.41) is 0. The highest BCUT2D eigenvalue weighted by Gasteiger charge is 2.05. The fourth-order valence-corrected chi connectivity index (χ4v) is 2.52. The van der Waals surface area contributed by atoms with Gasteiger partial charge in [-0.3, -0.25) is 4.98 Å². The second-order valence-electron chi connectivity index (χ2n) is 3.41. The van der Waals surface area contributed by atoms with Gasteiger partial charge in [0.15, 0.2) is 0 Å². The Morgan fingerprint density at radius 1 is 1.43 bits per heavy atom. The Balaban J connectivity index is 2.49. The third kappa shape index (κ3) is 3.22. The summed E-state index contributed by atoms with van der Waals surface area (Å²) in [5.74, 6) is 1.95. The van der Waals surface area contributed by atoms with Gasteiger partial charge in [-0.05, 0) is 12.0 Å². The van der Waals surface area contributed by atoms with Crippen molar-refractivity contribution in [3.05, 3.63) is 18.5 Å². The second-order valence-corrected chi connectivity index (χ2v) is 4.47. The largest absolute Gasteiger partial charge is 0.397 e. The van der Waals surface area contributed by atoms with Gasteiger partial charge in [0.1, 0.15) is 0 Å². The van der Waals surface area contributed by atoms with Crippen molar-refractivity contribution < 1.29 is 0 Å². The average molecular weight is 210 g/mol. The second kappa shape index (κ2) is 5.91. The predicted octanol–water partition coefficient (Wildman–Crippen LogP) is 3.19. The van der Waals surface area contributed by atoms with E-state index < -0.39 is 0 Å². The van der Waals surface area contributed by atoms with Crippen molar-refractivity contribution in [3.63, 3.8) is 0 Å². The van der Waals surface area contributed by atoms with Gasteiger partial charge in [0.2, 0.25) is 0 Å². The average Bonchev–Trinajstić information content (AvgIpc) is 2.22. The van der Waals surface area contributed by atoms with Gasteiger partial charge in [0.05, 0.1) is 11.9 Å². The minimum atomic E-state index is 0.795. The number of nitrogens with two attached hydrogens (primary N) is 1. The van der Waals surface area contributed by atoms with Crippen molar-refractivity contribution in [2.75, 3.05) is 11.5 Å². The molecule has 0 aliphatic rings. The SMILES string of the molecule is CCC(CC)CSc1ccncc1N. The molecule has 0 fully saturated rings. The van der Waals surface area contributed by atoms with Crippen molar-refractivity contribution in [3.8, 4) is 0 Å². The molecule has 14 heavy (non-hydrogen) atoms. The molecule has 0 saturated heterocycles. The fraction of sp³-hybridized carbons (Fsp3) is 0.545. The minimum absolute atomic E-state index is 0.795. The normalized spacial score (nSPS) is 10.8. The van der Waals surface area contributed by atoms with Crippen molar-refractivity contribution in [1.29, 1.82) is 0 Å². The highest BCUT2D eigenvalue weighted by atomic mass is 32.2. The highest BCUT2D eigenvalue weighted by molar-refractivity contribution is 7.99. The van der Waals surface area contributed by atoms with Crippen molar-refractivity contribution in [2.45, 2.75) is 31.6 Å². The number of anilines is 1. The zero-order valence-electron chi connectivity index (χ0n) is 8.86. The summed E-state index contributed by atoms with van der Waals surface area (Å²) in [4.78, 5) is 5.13. The smallest absolute Gasteiger partial charge is 0.0638 e. The van der Waals surface area contributed by atoms with Crippen LogP contribution in [0.5, 0.6) is 0 Å². The Labute approximate surface area is 90.3 Å². The van der Waals surface area contributed by atoms with Crippen LogP contribution >= 0.6 is 11.8 Å². The summed E-state index contributed by atoms with van der Waals surface area (Å²) in [5.41, 5.74) is 6.60. The van der Waals surface area contributed by atoms with Gasteiger partial charge < -0.3 is 5.73 Å². The van der Waals surface area contributed by atoms with Gasteiger partial charge in [0, 0.05) is 16.8 Å². The van der Waals surface area contributed by atoms with Crippen LogP contribution < -0.4 is 5.73 Å². The molecule has 0 amide bonds. The molecular formula is C11H18N2S. The van der Waals surface area contributed by atoms with Gasteiger partial charge in [-0.25, -0.2) is 0 Å². The molecule has 0 spiro atoms. The Hall–Kier alpha value is -0.700. The lowest BCUT2D eigenvalue weighted by Gasteiger charge is -2.11. The fourth-order valence-electron chi connectivity index (χ4n) is 1.26. The third-order valence-electron chi connectivity index (χ3n) is 2.44. The first kappa shape index (κ1) is 11.4. The molecule has 3 heteroatoms. The number of nitrogens with zero attached hydrogens (tertiary/aromatic N) is 1. The first-order chi connectivity index (χ1) is 6.77. The van der Waals surface area contributed by atoms with E-state index in [1.54, 1.807) is 12.4 Å². The summed E-state index contributed by atoms with van der Waals surface area (Å²) in [6, 6.07) is 1.99. The number of pyridine rings is 1. The first-order valence-corrected chi connectivity index (χ1v) is 6.08. The van der Waals surface area contributed by atoms with Crippen molar-refractivity contribution in [2.24, 2.45) is 5.92 Å². The molecule has 78 valence electrons. The van der Waals surface area contributed by atoms with Crippen LogP contribution in [0.25, 0.3) is 0 Å². The molecule has 0 atom stereocenters. The molecule has 1 aromatic heterocycles. The Bertz CT molecular complexity index is 272. The predicted molar refractivity (Wildman–Crippen MR) is 63.4 cm³/mol. The van der Waals surface area contributed by atoms with Gasteiger partial charge >= 0.3 is 0 Å². The van der Waals surface area contributed by atoms with E-state index in [0.29, 0.717) is 0 Å². The van der Waals surface area contributed by atoms with Crippen LogP contribution in [0.4, 0.5) is 5.69 Å². The maximum Gasteiger partial charge on any atom is 0.0638 e. The number of aromatic nitrogens is 1. The van der Waals surface area contributed by atoms with E-state index in [1.165, 1.54) is 12.8 Å².